The number of carbonyl (C=O) groups is 1. The normalized spacial score (nSPS) is 20.7. The van der Waals surface area contributed by atoms with E-state index in [1.165, 1.54) is 18.9 Å². The quantitative estimate of drug-likeness (QED) is 0.746. The molecular weight excluding hydrogens is 320 g/mol. The number of aliphatic hydroxyl groups is 1. The molecule has 0 spiro atoms. The van der Waals surface area contributed by atoms with Crippen molar-refractivity contribution in [3.8, 4) is 0 Å². The van der Waals surface area contributed by atoms with E-state index >= 15 is 0 Å². The van der Waals surface area contributed by atoms with Crippen molar-refractivity contribution in [3.05, 3.63) is 59.5 Å². The molecule has 0 bridgehead atoms. The lowest BCUT2D eigenvalue weighted by molar-refractivity contribution is 0.0563. The van der Waals surface area contributed by atoms with Crippen molar-refractivity contribution in [2.45, 2.75) is 31.7 Å². The third-order valence-electron chi connectivity index (χ3n) is 4.55. The number of furan rings is 1. The van der Waals surface area contributed by atoms with Crippen molar-refractivity contribution in [2.24, 2.45) is 0 Å². The van der Waals surface area contributed by atoms with Crippen LogP contribution in [0.1, 0.15) is 28.1 Å². The molecule has 2 aromatic rings. The Bertz CT molecular complexity index is 686. The smallest absolute Gasteiger partial charge is 0.374 e. The molecule has 2 heterocycles. The average Bonchev–Trinajstić information content (AvgIpc) is 3.22. The van der Waals surface area contributed by atoms with E-state index in [0.717, 1.165) is 25.1 Å². The lowest BCUT2D eigenvalue weighted by Crippen LogP contribution is -2.37. The van der Waals surface area contributed by atoms with Crippen LogP contribution in [0.3, 0.4) is 0 Å². The molecule has 0 radical (unpaired) electrons. The molecule has 1 aliphatic heterocycles. The second kappa shape index (κ2) is 8.29. The van der Waals surface area contributed by atoms with Crippen LogP contribution < -0.4 is 5.32 Å². The number of nitrogens with one attached hydrogen (secondary N) is 1. The van der Waals surface area contributed by atoms with Gasteiger partial charge in [0.2, 0.25) is 5.76 Å². The second-order valence-corrected chi connectivity index (χ2v) is 6.36. The minimum atomic E-state index is -0.469. The molecule has 1 fully saturated rings. The number of carbonyl (C=O) groups excluding carboxylic acids is 1. The van der Waals surface area contributed by atoms with E-state index in [9.17, 15) is 9.90 Å². The number of rotatable bonds is 7. The van der Waals surface area contributed by atoms with E-state index in [-0.39, 0.29) is 17.9 Å². The third kappa shape index (κ3) is 4.48. The van der Waals surface area contributed by atoms with Crippen LogP contribution in [0.4, 0.5) is 0 Å². The van der Waals surface area contributed by atoms with Crippen LogP contribution in [0.5, 0.6) is 0 Å². The van der Waals surface area contributed by atoms with Gasteiger partial charge in [-0.1, -0.05) is 30.3 Å². The summed E-state index contributed by atoms with van der Waals surface area (Å²) >= 11 is 0. The van der Waals surface area contributed by atoms with Crippen LogP contribution >= 0.6 is 0 Å². The predicted octanol–water partition coefficient (Wildman–Crippen LogP) is 1.79. The van der Waals surface area contributed by atoms with Crippen LogP contribution in [0.2, 0.25) is 0 Å². The highest BCUT2D eigenvalue weighted by Gasteiger charge is 2.30. The zero-order chi connectivity index (χ0) is 17.6. The number of nitrogens with zero attached hydrogens (tertiary/aromatic N) is 1. The van der Waals surface area contributed by atoms with Gasteiger partial charge in [-0.3, -0.25) is 4.90 Å². The lowest BCUT2D eigenvalue weighted by Gasteiger charge is -2.24. The molecule has 1 aliphatic rings. The first-order chi connectivity index (χ1) is 12.2. The second-order valence-electron chi connectivity index (χ2n) is 6.36. The molecule has 1 aromatic carbocycles. The van der Waals surface area contributed by atoms with Crippen molar-refractivity contribution in [1.29, 1.82) is 0 Å². The number of β-amino-alcohol motifs (C(OH)–C–C–N with tert-alkyl or cyclic N) is 1. The molecule has 2 N–H and O–H groups in total. The molecule has 2 unspecified atom stereocenters. The predicted molar refractivity (Wildman–Crippen MR) is 93.0 cm³/mol. The molecule has 1 saturated heterocycles. The van der Waals surface area contributed by atoms with Crippen molar-refractivity contribution < 1.29 is 19.1 Å². The largest absolute Gasteiger partial charge is 0.463 e. The van der Waals surface area contributed by atoms with Crippen molar-refractivity contribution in [1.82, 2.24) is 10.2 Å². The summed E-state index contributed by atoms with van der Waals surface area (Å²) in [5.74, 6) is -0.230. The maximum Gasteiger partial charge on any atom is 0.374 e. The van der Waals surface area contributed by atoms with Crippen LogP contribution in [0.25, 0.3) is 0 Å². The summed E-state index contributed by atoms with van der Waals surface area (Å²) in [5.41, 5.74) is 2.02. The first-order valence-electron chi connectivity index (χ1n) is 8.49. The molecule has 6 nitrogen and oxygen atoms in total. The molecule has 0 amide bonds. The Hall–Kier alpha value is -2.15. The number of ether oxygens (including phenoxy) is 1. The first kappa shape index (κ1) is 17.7. The third-order valence-corrected chi connectivity index (χ3v) is 4.55. The number of hydrogen-bond acceptors (Lipinski definition) is 6. The maximum atomic E-state index is 11.6. The molecule has 2 atom stereocenters. The number of benzene rings is 1. The van der Waals surface area contributed by atoms with Crippen LogP contribution in [0.15, 0.2) is 47.1 Å². The van der Waals surface area contributed by atoms with Gasteiger partial charge in [0.1, 0.15) is 0 Å². The fourth-order valence-corrected chi connectivity index (χ4v) is 3.30. The highest BCUT2D eigenvalue weighted by atomic mass is 16.5. The van der Waals surface area contributed by atoms with Gasteiger partial charge in [-0.15, -0.1) is 0 Å². The van der Waals surface area contributed by atoms with E-state index in [4.69, 9.17) is 9.15 Å². The maximum absolute atomic E-state index is 11.6. The summed E-state index contributed by atoms with van der Waals surface area (Å²) in [5, 5.41) is 13.4. The summed E-state index contributed by atoms with van der Waals surface area (Å²) in [4.78, 5) is 13.9. The number of aliphatic hydroxyl groups excluding tert-OH is 1. The van der Waals surface area contributed by atoms with Crippen LogP contribution in [-0.4, -0.2) is 48.3 Å². The van der Waals surface area contributed by atoms with Crippen LogP contribution in [-0.2, 0) is 17.8 Å². The molecular formula is C19H24N2O4. The van der Waals surface area contributed by atoms with Gasteiger partial charge in [0.05, 0.1) is 19.5 Å². The fraction of sp³-hybridized carbons (Fsp3) is 0.421. The lowest BCUT2D eigenvalue weighted by atomic mass is 10.1. The monoisotopic (exact) mass is 344 g/mol. The molecule has 134 valence electrons. The molecule has 1 aromatic heterocycles. The number of likely N-dealkylation sites (tertiary alicyclic amines) is 1. The first-order valence-corrected chi connectivity index (χ1v) is 8.49. The average molecular weight is 344 g/mol. The number of hydrogen-bond donors (Lipinski definition) is 2. The van der Waals surface area contributed by atoms with Gasteiger partial charge < -0.3 is 19.6 Å². The molecule has 6 heteroatoms. The topological polar surface area (TPSA) is 74.9 Å². The fourth-order valence-electron chi connectivity index (χ4n) is 3.30. The Morgan fingerprint density at radius 2 is 2.16 bits per heavy atom. The minimum absolute atomic E-state index is 0.239. The minimum Gasteiger partial charge on any atom is -0.463 e. The SMILES string of the molecule is COC(=O)c1occc1CNCC1CC(O)CN1Cc1ccccc1. The van der Waals surface area contributed by atoms with Gasteiger partial charge in [0.25, 0.3) is 0 Å². The summed E-state index contributed by atoms with van der Waals surface area (Å²) in [6.07, 6.45) is 1.94. The molecule has 3 rings (SSSR count). The van der Waals surface area contributed by atoms with Crippen LogP contribution in [0, 0.1) is 0 Å². The summed E-state index contributed by atoms with van der Waals surface area (Å²) in [6, 6.07) is 12.3. The Balaban J connectivity index is 1.54. The van der Waals surface area contributed by atoms with E-state index in [0.29, 0.717) is 13.1 Å². The Labute approximate surface area is 147 Å². The highest BCUT2D eigenvalue weighted by Crippen LogP contribution is 2.20. The van der Waals surface area contributed by atoms with E-state index in [2.05, 4.69) is 22.3 Å². The van der Waals surface area contributed by atoms with E-state index in [1.807, 2.05) is 18.2 Å². The van der Waals surface area contributed by atoms with Gasteiger partial charge in [0, 0.05) is 37.8 Å². The number of esters is 1. The van der Waals surface area contributed by atoms with Gasteiger partial charge in [-0.05, 0) is 18.1 Å². The Kier molecular flexibility index (Phi) is 5.86. The zero-order valence-electron chi connectivity index (χ0n) is 14.4. The van der Waals surface area contributed by atoms with Gasteiger partial charge in [-0.25, -0.2) is 4.79 Å². The molecule has 25 heavy (non-hydrogen) atoms. The van der Waals surface area contributed by atoms with Crippen molar-refractivity contribution in [3.63, 3.8) is 0 Å². The Morgan fingerprint density at radius 3 is 2.92 bits per heavy atom. The van der Waals surface area contributed by atoms with Crippen molar-refractivity contribution >= 4 is 5.97 Å². The molecule has 0 saturated carbocycles. The highest BCUT2D eigenvalue weighted by molar-refractivity contribution is 5.87. The van der Waals surface area contributed by atoms with Gasteiger partial charge >= 0.3 is 5.97 Å². The van der Waals surface area contributed by atoms with E-state index in [1.54, 1.807) is 6.07 Å². The zero-order valence-corrected chi connectivity index (χ0v) is 14.4. The van der Waals surface area contributed by atoms with Gasteiger partial charge in [-0.2, -0.15) is 0 Å². The summed E-state index contributed by atoms with van der Waals surface area (Å²) in [7, 11) is 1.34. The number of methoxy groups -OCH3 is 1. The standard InChI is InChI=1S/C19H24N2O4/c1-24-19(23)18-15(7-8-25-18)10-20-11-16-9-17(22)13-21(16)12-14-5-3-2-4-6-14/h2-8,16-17,20,22H,9-13H2,1H3. The van der Waals surface area contributed by atoms with Gasteiger partial charge in [0.15, 0.2) is 0 Å². The molecule has 0 aliphatic carbocycles. The summed E-state index contributed by atoms with van der Waals surface area (Å²) in [6.45, 7) is 2.76. The Morgan fingerprint density at radius 1 is 1.36 bits per heavy atom. The van der Waals surface area contributed by atoms with E-state index < -0.39 is 5.97 Å². The van der Waals surface area contributed by atoms with Crippen molar-refractivity contribution in [2.75, 3.05) is 20.2 Å². The summed E-state index contributed by atoms with van der Waals surface area (Å²) < 4.78 is 9.90.